The van der Waals surface area contributed by atoms with Gasteiger partial charge in [0.05, 0.1) is 18.3 Å². The highest BCUT2D eigenvalue weighted by molar-refractivity contribution is 5.89. The van der Waals surface area contributed by atoms with Crippen LogP contribution in [-0.2, 0) is 9.53 Å². The van der Waals surface area contributed by atoms with Crippen LogP contribution >= 0.6 is 0 Å². The zero-order chi connectivity index (χ0) is 12.8. The molecule has 102 valence electrons. The number of nitrogens with one attached hydrogen (secondary N) is 1. The molecule has 3 fully saturated rings. The van der Waals surface area contributed by atoms with Gasteiger partial charge in [0, 0.05) is 18.6 Å². The van der Waals surface area contributed by atoms with E-state index in [9.17, 15) is 4.79 Å². The van der Waals surface area contributed by atoms with Crippen LogP contribution in [-0.4, -0.2) is 41.8 Å². The van der Waals surface area contributed by atoms with Crippen LogP contribution < -0.4 is 5.32 Å². The van der Waals surface area contributed by atoms with Gasteiger partial charge in [0.25, 0.3) is 0 Å². The summed E-state index contributed by atoms with van der Waals surface area (Å²) in [6.45, 7) is 5.97. The first-order valence-electron chi connectivity index (χ1n) is 7.32. The van der Waals surface area contributed by atoms with Crippen LogP contribution in [0.2, 0.25) is 0 Å². The van der Waals surface area contributed by atoms with Crippen molar-refractivity contribution in [2.45, 2.75) is 63.7 Å². The van der Waals surface area contributed by atoms with Crippen LogP contribution in [0.5, 0.6) is 0 Å². The Hall–Kier alpha value is -0.610. The lowest BCUT2D eigenvalue weighted by molar-refractivity contribution is -0.135. The first-order chi connectivity index (χ1) is 8.64. The fourth-order valence-corrected chi connectivity index (χ4v) is 3.99. The maximum absolute atomic E-state index is 12.8. The van der Waals surface area contributed by atoms with Gasteiger partial charge in [-0.15, -0.1) is 0 Å². The molecule has 1 spiro atoms. The molecule has 0 aromatic heterocycles. The van der Waals surface area contributed by atoms with Gasteiger partial charge in [-0.25, -0.2) is 0 Å². The molecule has 2 heterocycles. The van der Waals surface area contributed by atoms with Crippen molar-refractivity contribution < 1.29 is 9.53 Å². The average molecular weight is 252 g/mol. The smallest absolute Gasteiger partial charge is 0.244 e. The van der Waals surface area contributed by atoms with E-state index in [1.807, 2.05) is 0 Å². The maximum atomic E-state index is 12.8. The summed E-state index contributed by atoms with van der Waals surface area (Å²) < 4.78 is 5.47. The number of hydrogen-bond donors (Lipinski definition) is 1. The second-order valence-electron chi connectivity index (χ2n) is 6.19. The van der Waals surface area contributed by atoms with Crippen LogP contribution in [0.4, 0.5) is 0 Å². The highest BCUT2D eigenvalue weighted by atomic mass is 16.5. The van der Waals surface area contributed by atoms with Crippen molar-refractivity contribution in [3.8, 4) is 0 Å². The zero-order valence-corrected chi connectivity index (χ0v) is 11.4. The fourth-order valence-electron chi connectivity index (χ4n) is 3.99. The van der Waals surface area contributed by atoms with E-state index in [4.69, 9.17) is 4.74 Å². The first-order valence-corrected chi connectivity index (χ1v) is 7.32. The Morgan fingerprint density at radius 1 is 1.44 bits per heavy atom. The molecule has 2 saturated heterocycles. The number of nitrogens with zero attached hydrogens (tertiary/aromatic N) is 1. The van der Waals surface area contributed by atoms with Crippen molar-refractivity contribution in [2.24, 2.45) is 5.92 Å². The fraction of sp³-hybridized carbons (Fsp3) is 0.929. The van der Waals surface area contributed by atoms with Crippen LogP contribution in [0, 0.1) is 5.92 Å². The molecule has 1 N–H and O–H groups in total. The monoisotopic (exact) mass is 252 g/mol. The predicted molar refractivity (Wildman–Crippen MR) is 69.0 cm³/mol. The van der Waals surface area contributed by atoms with Crippen molar-refractivity contribution in [3.63, 3.8) is 0 Å². The van der Waals surface area contributed by atoms with Gasteiger partial charge < -0.3 is 9.64 Å². The number of rotatable bonds is 2. The minimum Gasteiger partial charge on any atom is -0.381 e. The Bertz CT molecular complexity index is 333. The maximum Gasteiger partial charge on any atom is 0.244 e. The quantitative estimate of drug-likeness (QED) is 0.810. The van der Waals surface area contributed by atoms with E-state index < -0.39 is 0 Å². The molecule has 0 aromatic rings. The molecule has 2 aliphatic heterocycles. The third-order valence-corrected chi connectivity index (χ3v) is 5.09. The standard InChI is InChI=1S/C14H24N2O2/c1-10(12-5-8-18-9-12)16-11(2)15-14(13(16)17)6-3-4-7-14/h10-12,15H,3-9H2,1-2H3. The molecule has 0 bridgehead atoms. The van der Waals surface area contributed by atoms with Gasteiger partial charge in [-0.2, -0.15) is 0 Å². The molecule has 3 rings (SSSR count). The molecule has 3 aliphatic rings. The average Bonchev–Trinajstić information content (AvgIpc) is 3.03. The van der Waals surface area contributed by atoms with Gasteiger partial charge in [0.2, 0.25) is 5.91 Å². The lowest BCUT2D eigenvalue weighted by Crippen LogP contribution is -2.47. The van der Waals surface area contributed by atoms with Crippen molar-refractivity contribution in [1.29, 1.82) is 0 Å². The molecule has 1 amide bonds. The van der Waals surface area contributed by atoms with Crippen molar-refractivity contribution in [3.05, 3.63) is 0 Å². The summed E-state index contributed by atoms with van der Waals surface area (Å²) in [5.41, 5.74) is -0.229. The van der Waals surface area contributed by atoms with Gasteiger partial charge in [0.1, 0.15) is 0 Å². The summed E-state index contributed by atoms with van der Waals surface area (Å²) >= 11 is 0. The summed E-state index contributed by atoms with van der Waals surface area (Å²) in [7, 11) is 0. The molecule has 0 radical (unpaired) electrons. The first kappa shape index (κ1) is 12.4. The zero-order valence-electron chi connectivity index (χ0n) is 11.4. The minimum absolute atomic E-state index is 0.172. The lowest BCUT2D eigenvalue weighted by atomic mass is 9.95. The number of ether oxygens (including phenoxy) is 1. The SMILES string of the molecule is CC1NC2(CCCC2)C(=O)N1C(C)C1CCOC1. The summed E-state index contributed by atoms with van der Waals surface area (Å²) in [6.07, 6.45) is 5.65. The van der Waals surface area contributed by atoms with Crippen molar-refractivity contribution >= 4 is 5.91 Å². The highest BCUT2D eigenvalue weighted by Gasteiger charge is 2.52. The number of hydrogen-bond acceptors (Lipinski definition) is 3. The van der Waals surface area contributed by atoms with E-state index in [1.54, 1.807) is 0 Å². The Morgan fingerprint density at radius 3 is 2.78 bits per heavy atom. The largest absolute Gasteiger partial charge is 0.381 e. The van der Waals surface area contributed by atoms with Crippen LogP contribution in [0.25, 0.3) is 0 Å². The second kappa shape index (κ2) is 4.49. The topological polar surface area (TPSA) is 41.6 Å². The van der Waals surface area contributed by atoms with E-state index in [0.717, 1.165) is 32.5 Å². The summed E-state index contributed by atoms with van der Waals surface area (Å²) in [5.74, 6) is 0.849. The Balaban J connectivity index is 1.77. The Morgan fingerprint density at radius 2 is 2.17 bits per heavy atom. The molecular weight excluding hydrogens is 228 g/mol. The van der Waals surface area contributed by atoms with Gasteiger partial charge >= 0.3 is 0 Å². The minimum atomic E-state index is -0.229. The van der Waals surface area contributed by atoms with Crippen molar-refractivity contribution in [1.82, 2.24) is 10.2 Å². The van der Waals surface area contributed by atoms with E-state index in [1.165, 1.54) is 12.8 Å². The molecule has 1 aliphatic carbocycles. The normalized spacial score (nSPS) is 36.8. The molecule has 3 atom stereocenters. The molecular formula is C14H24N2O2. The van der Waals surface area contributed by atoms with E-state index >= 15 is 0 Å². The van der Waals surface area contributed by atoms with Crippen LogP contribution in [0.1, 0.15) is 46.0 Å². The van der Waals surface area contributed by atoms with Gasteiger partial charge in [-0.3, -0.25) is 10.1 Å². The molecule has 1 saturated carbocycles. The molecule has 3 unspecified atom stereocenters. The van der Waals surface area contributed by atoms with Gasteiger partial charge in [-0.1, -0.05) is 12.8 Å². The summed E-state index contributed by atoms with van der Waals surface area (Å²) in [5, 5.41) is 3.57. The molecule has 4 nitrogen and oxygen atoms in total. The second-order valence-corrected chi connectivity index (χ2v) is 6.19. The van der Waals surface area contributed by atoms with E-state index in [0.29, 0.717) is 17.9 Å². The summed E-state index contributed by atoms with van der Waals surface area (Å²) in [6, 6.07) is 0.294. The van der Waals surface area contributed by atoms with E-state index in [-0.39, 0.29) is 11.7 Å². The molecule has 18 heavy (non-hydrogen) atoms. The van der Waals surface area contributed by atoms with Crippen molar-refractivity contribution in [2.75, 3.05) is 13.2 Å². The Labute approximate surface area is 109 Å². The van der Waals surface area contributed by atoms with Crippen LogP contribution in [0.3, 0.4) is 0 Å². The Kier molecular flexibility index (Phi) is 3.10. The lowest BCUT2D eigenvalue weighted by Gasteiger charge is -2.32. The predicted octanol–water partition coefficient (Wildman–Crippen LogP) is 1.50. The third-order valence-electron chi connectivity index (χ3n) is 5.09. The van der Waals surface area contributed by atoms with E-state index in [2.05, 4.69) is 24.1 Å². The number of carbonyl (C=O) groups excluding carboxylic acids is 1. The molecule has 4 heteroatoms. The molecule has 0 aromatic carbocycles. The van der Waals surface area contributed by atoms with Crippen LogP contribution in [0.15, 0.2) is 0 Å². The summed E-state index contributed by atoms with van der Waals surface area (Å²) in [4.78, 5) is 14.8. The third kappa shape index (κ3) is 1.77. The van der Waals surface area contributed by atoms with Gasteiger partial charge in [0.15, 0.2) is 0 Å². The highest BCUT2D eigenvalue weighted by Crippen LogP contribution is 2.38. The number of amides is 1. The number of carbonyl (C=O) groups is 1. The van der Waals surface area contributed by atoms with Gasteiger partial charge in [-0.05, 0) is 33.1 Å².